The minimum atomic E-state index is -4.44. The Morgan fingerprint density at radius 1 is 0.889 bits per heavy atom. The fourth-order valence-electron chi connectivity index (χ4n) is 2.51. The van der Waals surface area contributed by atoms with Crippen LogP contribution in [0.25, 0.3) is 0 Å². The summed E-state index contributed by atoms with van der Waals surface area (Å²) in [6.07, 6.45) is -4.62. The predicted molar refractivity (Wildman–Crippen MR) is 96.7 cm³/mol. The number of anilines is 1. The molecule has 0 bridgehead atoms. The number of carbonyl (C=O) groups excluding carboxylic acids is 1. The standard InChI is InChI=1S/C21H16F3NO2/c22-21(23,24)16-8-6-7-15(13-16)14-20(26)25-18-11-4-5-12-19(18)27-17-9-2-1-3-10-17/h1-13H,14H2,(H,25,26). The van der Waals surface area contributed by atoms with E-state index in [-0.39, 0.29) is 12.0 Å². The molecule has 0 saturated carbocycles. The number of halogens is 3. The van der Waals surface area contributed by atoms with Crippen molar-refractivity contribution in [3.05, 3.63) is 90.0 Å². The number of benzene rings is 3. The Morgan fingerprint density at radius 2 is 1.59 bits per heavy atom. The fourth-order valence-corrected chi connectivity index (χ4v) is 2.51. The van der Waals surface area contributed by atoms with Gasteiger partial charge in [0.2, 0.25) is 5.91 Å². The molecule has 0 atom stereocenters. The van der Waals surface area contributed by atoms with Crippen LogP contribution in [0.5, 0.6) is 11.5 Å². The molecule has 27 heavy (non-hydrogen) atoms. The highest BCUT2D eigenvalue weighted by Gasteiger charge is 2.30. The van der Waals surface area contributed by atoms with Gasteiger partial charge < -0.3 is 10.1 Å². The Bertz CT molecular complexity index is 924. The third kappa shape index (κ3) is 5.10. The zero-order chi connectivity index (χ0) is 19.3. The van der Waals surface area contributed by atoms with Crippen LogP contribution in [0.3, 0.4) is 0 Å². The van der Waals surface area contributed by atoms with Crippen molar-refractivity contribution in [3.63, 3.8) is 0 Å². The van der Waals surface area contributed by atoms with Crippen molar-refractivity contribution >= 4 is 11.6 Å². The van der Waals surface area contributed by atoms with Crippen molar-refractivity contribution in [1.29, 1.82) is 0 Å². The number of amides is 1. The van der Waals surface area contributed by atoms with Crippen molar-refractivity contribution in [2.45, 2.75) is 12.6 Å². The first-order chi connectivity index (χ1) is 12.9. The summed E-state index contributed by atoms with van der Waals surface area (Å²) in [6.45, 7) is 0. The molecular formula is C21H16F3NO2. The van der Waals surface area contributed by atoms with Crippen LogP contribution in [0, 0.1) is 0 Å². The third-order valence-corrected chi connectivity index (χ3v) is 3.75. The Morgan fingerprint density at radius 3 is 2.33 bits per heavy atom. The predicted octanol–water partition coefficient (Wildman–Crippen LogP) is 5.68. The topological polar surface area (TPSA) is 38.3 Å². The van der Waals surface area contributed by atoms with Crippen LogP contribution in [-0.4, -0.2) is 5.91 Å². The lowest BCUT2D eigenvalue weighted by Gasteiger charge is -2.13. The normalized spacial score (nSPS) is 11.1. The average molecular weight is 371 g/mol. The van der Waals surface area contributed by atoms with Gasteiger partial charge in [0.15, 0.2) is 5.75 Å². The van der Waals surface area contributed by atoms with Crippen LogP contribution >= 0.6 is 0 Å². The molecule has 0 saturated heterocycles. The Hall–Kier alpha value is -3.28. The second-order valence-corrected chi connectivity index (χ2v) is 5.83. The number of alkyl halides is 3. The van der Waals surface area contributed by atoms with Crippen molar-refractivity contribution < 1.29 is 22.7 Å². The molecule has 0 fully saturated rings. The van der Waals surface area contributed by atoms with Crippen LogP contribution in [0.15, 0.2) is 78.9 Å². The van der Waals surface area contributed by atoms with Gasteiger partial charge in [-0.2, -0.15) is 13.2 Å². The van der Waals surface area contributed by atoms with E-state index >= 15 is 0 Å². The van der Waals surface area contributed by atoms with E-state index in [0.717, 1.165) is 12.1 Å². The van der Waals surface area contributed by atoms with E-state index in [1.165, 1.54) is 12.1 Å². The molecule has 0 unspecified atom stereocenters. The largest absolute Gasteiger partial charge is 0.455 e. The molecule has 0 heterocycles. The van der Waals surface area contributed by atoms with Gasteiger partial charge in [-0.05, 0) is 35.9 Å². The van der Waals surface area contributed by atoms with E-state index in [0.29, 0.717) is 17.2 Å². The molecule has 3 rings (SSSR count). The Labute approximate surface area is 154 Å². The smallest absolute Gasteiger partial charge is 0.416 e. The van der Waals surface area contributed by atoms with E-state index in [2.05, 4.69) is 5.32 Å². The van der Waals surface area contributed by atoms with E-state index in [1.54, 1.807) is 36.4 Å². The van der Waals surface area contributed by atoms with E-state index in [1.807, 2.05) is 18.2 Å². The van der Waals surface area contributed by atoms with E-state index in [9.17, 15) is 18.0 Å². The van der Waals surface area contributed by atoms with Crippen LogP contribution in [-0.2, 0) is 17.4 Å². The Balaban J connectivity index is 1.72. The maximum absolute atomic E-state index is 12.8. The highest BCUT2D eigenvalue weighted by Crippen LogP contribution is 2.31. The minimum absolute atomic E-state index is 0.177. The molecular weight excluding hydrogens is 355 g/mol. The molecule has 6 heteroatoms. The highest BCUT2D eigenvalue weighted by atomic mass is 19.4. The maximum atomic E-state index is 12.8. The summed E-state index contributed by atoms with van der Waals surface area (Å²) in [4.78, 5) is 12.3. The number of nitrogens with one attached hydrogen (secondary N) is 1. The average Bonchev–Trinajstić information content (AvgIpc) is 2.64. The molecule has 3 nitrogen and oxygen atoms in total. The van der Waals surface area contributed by atoms with E-state index in [4.69, 9.17) is 4.74 Å². The first kappa shape index (κ1) is 18.5. The van der Waals surface area contributed by atoms with Gasteiger partial charge in [0.1, 0.15) is 5.75 Å². The number of hydrogen-bond donors (Lipinski definition) is 1. The van der Waals surface area contributed by atoms with Gasteiger partial charge in [-0.25, -0.2) is 0 Å². The summed E-state index contributed by atoms with van der Waals surface area (Å²) in [5.41, 5.74) is -0.0530. The van der Waals surface area contributed by atoms with Crippen molar-refractivity contribution in [2.75, 3.05) is 5.32 Å². The first-order valence-electron chi connectivity index (χ1n) is 8.20. The van der Waals surface area contributed by atoms with Crippen LogP contribution in [0.2, 0.25) is 0 Å². The maximum Gasteiger partial charge on any atom is 0.416 e. The van der Waals surface area contributed by atoms with Gasteiger partial charge in [0, 0.05) is 0 Å². The molecule has 0 aliphatic carbocycles. The summed E-state index contributed by atoms with van der Waals surface area (Å²) in [6, 6.07) is 20.7. The van der Waals surface area contributed by atoms with Gasteiger partial charge >= 0.3 is 6.18 Å². The van der Waals surface area contributed by atoms with Crippen LogP contribution < -0.4 is 10.1 Å². The first-order valence-corrected chi connectivity index (χ1v) is 8.20. The van der Waals surface area contributed by atoms with Gasteiger partial charge in [0.25, 0.3) is 0 Å². The molecule has 0 radical (unpaired) electrons. The molecule has 1 amide bonds. The molecule has 3 aromatic carbocycles. The quantitative estimate of drug-likeness (QED) is 0.627. The molecule has 138 valence electrons. The van der Waals surface area contributed by atoms with Crippen molar-refractivity contribution in [2.24, 2.45) is 0 Å². The molecule has 0 spiro atoms. The second kappa shape index (κ2) is 7.95. The lowest BCUT2D eigenvalue weighted by molar-refractivity contribution is -0.137. The molecule has 3 aromatic rings. The number of ether oxygens (including phenoxy) is 1. The highest BCUT2D eigenvalue weighted by molar-refractivity contribution is 5.93. The molecule has 0 aliphatic rings. The lowest BCUT2D eigenvalue weighted by Crippen LogP contribution is -2.15. The number of rotatable bonds is 5. The summed E-state index contributed by atoms with van der Waals surface area (Å²) < 4.78 is 44.1. The van der Waals surface area contributed by atoms with Crippen LogP contribution in [0.4, 0.5) is 18.9 Å². The van der Waals surface area contributed by atoms with Crippen molar-refractivity contribution in [3.8, 4) is 11.5 Å². The second-order valence-electron chi connectivity index (χ2n) is 5.83. The van der Waals surface area contributed by atoms with Gasteiger partial charge in [-0.3, -0.25) is 4.79 Å². The van der Waals surface area contributed by atoms with Crippen molar-refractivity contribution in [1.82, 2.24) is 0 Å². The monoisotopic (exact) mass is 371 g/mol. The van der Waals surface area contributed by atoms with Crippen LogP contribution in [0.1, 0.15) is 11.1 Å². The number of para-hydroxylation sites is 3. The van der Waals surface area contributed by atoms with Gasteiger partial charge in [-0.15, -0.1) is 0 Å². The summed E-state index contributed by atoms with van der Waals surface area (Å²) in [5, 5.41) is 2.69. The lowest BCUT2D eigenvalue weighted by atomic mass is 10.1. The van der Waals surface area contributed by atoms with Gasteiger partial charge in [-0.1, -0.05) is 48.5 Å². The molecule has 0 aliphatic heterocycles. The zero-order valence-corrected chi connectivity index (χ0v) is 14.2. The van der Waals surface area contributed by atoms with E-state index < -0.39 is 17.6 Å². The van der Waals surface area contributed by atoms with Gasteiger partial charge in [0.05, 0.1) is 17.7 Å². The molecule has 1 N–H and O–H groups in total. The third-order valence-electron chi connectivity index (χ3n) is 3.75. The SMILES string of the molecule is O=C(Cc1cccc(C(F)(F)F)c1)Nc1ccccc1Oc1ccccc1. The summed E-state index contributed by atoms with van der Waals surface area (Å²) in [5.74, 6) is 0.622. The minimum Gasteiger partial charge on any atom is -0.455 e. The molecule has 0 aromatic heterocycles. The Kier molecular flexibility index (Phi) is 5.45. The fraction of sp³-hybridized carbons (Fsp3) is 0.0952. The zero-order valence-electron chi connectivity index (χ0n) is 14.2. The summed E-state index contributed by atoms with van der Waals surface area (Å²) in [7, 11) is 0. The number of hydrogen-bond acceptors (Lipinski definition) is 2. The number of carbonyl (C=O) groups is 1. The summed E-state index contributed by atoms with van der Waals surface area (Å²) >= 11 is 0.